The van der Waals surface area contributed by atoms with E-state index in [0.29, 0.717) is 29.8 Å². The highest BCUT2D eigenvalue weighted by atomic mass is 19.1. The number of carboxylic acid groups (broad SMARTS) is 1. The van der Waals surface area contributed by atoms with Gasteiger partial charge in [0.2, 0.25) is 0 Å². The quantitative estimate of drug-likeness (QED) is 0.912. The molecule has 20 heavy (non-hydrogen) atoms. The Kier molecular flexibility index (Phi) is 4.04. The maximum absolute atomic E-state index is 13.3. The second-order valence-electron chi connectivity index (χ2n) is 5.03. The Morgan fingerprint density at radius 2 is 2.20 bits per heavy atom. The predicted octanol–water partition coefficient (Wildman–Crippen LogP) is 2.27. The third kappa shape index (κ3) is 2.65. The van der Waals surface area contributed by atoms with Crippen LogP contribution in [0.3, 0.4) is 0 Å². The van der Waals surface area contributed by atoms with E-state index in [2.05, 4.69) is 4.98 Å². The number of fused-ring (bicyclic) bond motifs is 1. The SMILES string of the molecule is CCC(C(=O)O)n1c(CN(C)C)nc2cc(F)ccc21. The third-order valence-electron chi connectivity index (χ3n) is 3.17. The molecule has 5 nitrogen and oxygen atoms in total. The molecule has 2 rings (SSSR count). The third-order valence-corrected chi connectivity index (χ3v) is 3.17. The highest BCUT2D eigenvalue weighted by Gasteiger charge is 2.23. The van der Waals surface area contributed by atoms with E-state index in [1.54, 1.807) is 10.6 Å². The summed E-state index contributed by atoms with van der Waals surface area (Å²) in [5.41, 5.74) is 1.14. The van der Waals surface area contributed by atoms with Crippen molar-refractivity contribution in [1.29, 1.82) is 0 Å². The summed E-state index contributed by atoms with van der Waals surface area (Å²) in [5, 5.41) is 9.38. The van der Waals surface area contributed by atoms with Crippen molar-refractivity contribution in [1.82, 2.24) is 14.5 Å². The van der Waals surface area contributed by atoms with E-state index >= 15 is 0 Å². The van der Waals surface area contributed by atoms with Crippen LogP contribution in [0.4, 0.5) is 4.39 Å². The molecule has 0 saturated carbocycles. The molecule has 0 radical (unpaired) electrons. The molecule has 1 aromatic heterocycles. The molecule has 2 aromatic rings. The van der Waals surface area contributed by atoms with E-state index in [1.807, 2.05) is 25.9 Å². The monoisotopic (exact) mass is 279 g/mol. The van der Waals surface area contributed by atoms with Crippen molar-refractivity contribution in [3.63, 3.8) is 0 Å². The molecule has 0 aliphatic rings. The zero-order valence-electron chi connectivity index (χ0n) is 11.8. The van der Waals surface area contributed by atoms with Gasteiger partial charge in [-0.2, -0.15) is 0 Å². The van der Waals surface area contributed by atoms with Crippen LogP contribution < -0.4 is 0 Å². The summed E-state index contributed by atoms with van der Waals surface area (Å²) < 4.78 is 15.0. The number of carbonyl (C=O) groups is 1. The Hall–Kier alpha value is -1.95. The number of rotatable bonds is 5. The van der Waals surface area contributed by atoms with Crippen molar-refractivity contribution in [3.05, 3.63) is 29.8 Å². The highest BCUT2D eigenvalue weighted by Crippen LogP contribution is 2.25. The van der Waals surface area contributed by atoms with Gasteiger partial charge in [-0.25, -0.2) is 14.2 Å². The number of benzene rings is 1. The molecule has 1 aromatic carbocycles. The molecule has 0 aliphatic carbocycles. The minimum atomic E-state index is -0.906. The standard InChI is InChI=1S/C14H18FN3O2/c1-4-11(14(19)20)18-12-6-5-9(15)7-10(12)16-13(18)8-17(2)3/h5-7,11H,4,8H2,1-3H3,(H,19,20). The molecule has 0 saturated heterocycles. The molecule has 1 atom stereocenters. The van der Waals surface area contributed by atoms with Crippen molar-refractivity contribution >= 4 is 17.0 Å². The summed E-state index contributed by atoms with van der Waals surface area (Å²) in [7, 11) is 3.76. The lowest BCUT2D eigenvalue weighted by Crippen LogP contribution is -2.23. The lowest BCUT2D eigenvalue weighted by molar-refractivity contribution is -0.141. The van der Waals surface area contributed by atoms with Crippen molar-refractivity contribution < 1.29 is 14.3 Å². The van der Waals surface area contributed by atoms with Crippen LogP contribution in [0.25, 0.3) is 11.0 Å². The number of aromatic nitrogens is 2. The predicted molar refractivity (Wildman–Crippen MR) is 74.0 cm³/mol. The fourth-order valence-electron chi connectivity index (χ4n) is 2.33. The van der Waals surface area contributed by atoms with Crippen LogP contribution in [0.15, 0.2) is 18.2 Å². The second-order valence-corrected chi connectivity index (χ2v) is 5.03. The smallest absolute Gasteiger partial charge is 0.326 e. The van der Waals surface area contributed by atoms with Gasteiger partial charge in [0.15, 0.2) is 0 Å². The van der Waals surface area contributed by atoms with Gasteiger partial charge in [-0.15, -0.1) is 0 Å². The Morgan fingerprint density at radius 3 is 2.75 bits per heavy atom. The Balaban J connectivity index is 2.66. The number of hydrogen-bond acceptors (Lipinski definition) is 3. The van der Waals surface area contributed by atoms with Gasteiger partial charge in [-0.1, -0.05) is 6.92 Å². The summed E-state index contributed by atoms with van der Waals surface area (Å²) in [6, 6.07) is 3.55. The summed E-state index contributed by atoms with van der Waals surface area (Å²) in [6.45, 7) is 2.31. The molecule has 6 heteroatoms. The first kappa shape index (κ1) is 14.5. The van der Waals surface area contributed by atoms with E-state index in [0.717, 1.165) is 0 Å². The van der Waals surface area contributed by atoms with Crippen molar-refractivity contribution in [2.45, 2.75) is 25.9 Å². The normalized spacial score (nSPS) is 13.1. The number of nitrogens with zero attached hydrogens (tertiary/aromatic N) is 3. The molecule has 0 fully saturated rings. The van der Waals surface area contributed by atoms with E-state index < -0.39 is 12.0 Å². The Bertz CT molecular complexity index is 637. The summed E-state index contributed by atoms with van der Waals surface area (Å²) in [5.74, 6) is -0.650. The first-order valence-corrected chi connectivity index (χ1v) is 6.48. The van der Waals surface area contributed by atoms with Crippen LogP contribution in [0.1, 0.15) is 25.2 Å². The summed E-state index contributed by atoms with van der Waals surface area (Å²) in [4.78, 5) is 17.7. The van der Waals surface area contributed by atoms with Crippen LogP contribution in [0.5, 0.6) is 0 Å². The van der Waals surface area contributed by atoms with Crippen LogP contribution in [0.2, 0.25) is 0 Å². The Morgan fingerprint density at radius 1 is 1.50 bits per heavy atom. The van der Waals surface area contributed by atoms with Crippen LogP contribution in [-0.4, -0.2) is 39.6 Å². The molecule has 0 aliphatic heterocycles. The molecule has 0 bridgehead atoms. The van der Waals surface area contributed by atoms with Gasteiger partial charge in [0.25, 0.3) is 0 Å². The molecule has 0 amide bonds. The van der Waals surface area contributed by atoms with E-state index in [-0.39, 0.29) is 5.82 Å². The maximum Gasteiger partial charge on any atom is 0.326 e. The van der Waals surface area contributed by atoms with Crippen LogP contribution in [0, 0.1) is 5.82 Å². The maximum atomic E-state index is 13.3. The van der Waals surface area contributed by atoms with Gasteiger partial charge in [-0.05, 0) is 32.6 Å². The second kappa shape index (κ2) is 5.58. The largest absolute Gasteiger partial charge is 0.480 e. The van der Waals surface area contributed by atoms with Crippen molar-refractivity contribution in [3.8, 4) is 0 Å². The molecular weight excluding hydrogens is 261 g/mol. The average molecular weight is 279 g/mol. The van der Waals surface area contributed by atoms with Gasteiger partial charge >= 0.3 is 5.97 Å². The zero-order valence-corrected chi connectivity index (χ0v) is 11.8. The minimum Gasteiger partial charge on any atom is -0.480 e. The molecule has 108 valence electrons. The number of imidazole rings is 1. The number of carboxylic acids is 1. The molecule has 1 N–H and O–H groups in total. The van der Waals surface area contributed by atoms with Crippen molar-refractivity contribution in [2.24, 2.45) is 0 Å². The fourth-order valence-corrected chi connectivity index (χ4v) is 2.33. The average Bonchev–Trinajstić information content (AvgIpc) is 2.66. The van der Waals surface area contributed by atoms with Gasteiger partial charge in [0.1, 0.15) is 17.7 Å². The lowest BCUT2D eigenvalue weighted by Gasteiger charge is -2.18. The number of halogens is 1. The first-order chi connectivity index (χ1) is 9.43. The van der Waals surface area contributed by atoms with Gasteiger partial charge in [0, 0.05) is 6.07 Å². The van der Waals surface area contributed by atoms with E-state index in [4.69, 9.17) is 0 Å². The minimum absolute atomic E-state index is 0.373. The van der Waals surface area contributed by atoms with Crippen molar-refractivity contribution in [2.75, 3.05) is 14.1 Å². The Labute approximate surface area is 116 Å². The van der Waals surface area contributed by atoms with Gasteiger partial charge in [-0.3, -0.25) is 0 Å². The first-order valence-electron chi connectivity index (χ1n) is 6.48. The molecule has 0 spiro atoms. The van der Waals surface area contributed by atoms with E-state index in [1.165, 1.54) is 12.1 Å². The molecule has 1 heterocycles. The molecule has 1 unspecified atom stereocenters. The molecular formula is C14H18FN3O2. The topological polar surface area (TPSA) is 58.4 Å². The highest BCUT2D eigenvalue weighted by molar-refractivity contribution is 5.80. The summed E-state index contributed by atoms with van der Waals surface area (Å²) >= 11 is 0. The van der Waals surface area contributed by atoms with Gasteiger partial charge in [0.05, 0.1) is 17.6 Å². The number of aliphatic carboxylic acids is 1. The van der Waals surface area contributed by atoms with Gasteiger partial charge < -0.3 is 14.6 Å². The number of hydrogen-bond donors (Lipinski definition) is 1. The van der Waals surface area contributed by atoms with Crippen LogP contribution >= 0.6 is 0 Å². The zero-order chi connectivity index (χ0) is 14.9. The lowest BCUT2D eigenvalue weighted by atomic mass is 10.2. The van der Waals surface area contributed by atoms with E-state index in [9.17, 15) is 14.3 Å². The fraction of sp³-hybridized carbons (Fsp3) is 0.429. The van der Waals surface area contributed by atoms with Crippen LogP contribution in [-0.2, 0) is 11.3 Å². The summed E-state index contributed by atoms with van der Waals surface area (Å²) in [6.07, 6.45) is 0.443.